The number of aromatic nitrogens is 1. The van der Waals surface area contributed by atoms with Crippen molar-refractivity contribution in [3.63, 3.8) is 0 Å². The standard InChI is InChI=1S/C11H15N3O3/c1-11(5-15,6-16)14-10-13-9-7(12)3-2-4-8(9)17-10/h2-4,15-16H,5-6,12H2,1H3,(H,13,14). The number of para-hydroxylation sites is 1. The van der Waals surface area contributed by atoms with Gasteiger partial charge in [0, 0.05) is 0 Å². The van der Waals surface area contributed by atoms with Gasteiger partial charge in [0.15, 0.2) is 5.58 Å². The van der Waals surface area contributed by atoms with Gasteiger partial charge < -0.3 is 25.7 Å². The first-order chi connectivity index (χ1) is 8.08. The number of nitrogens with one attached hydrogen (secondary N) is 1. The van der Waals surface area contributed by atoms with Crippen molar-refractivity contribution in [3.8, 4) is 0 Å². The van der Waals surface area contributed by atoms with E-state index in [0.29, 0.717) is 16.8 Å². The van der Waals surface area contributed by atoms with E-state index in [0.717, 1.165) is 0 Å². The maximum absolute atomic E-state index is 9.16. The number of aliphatic hydroxyl groups is 2. The van der Waals surface area contributed by atoms with Gasteiger partial charge >= 0.3 is 0 Å². The Morgan fingerprint density at radius 3 is 2.71 bits per heavy atom. The molecule has 92 valence electrons. The first-order valence-corrected chi connectivity index (χ1v) is 5.23. The van der Waals surface area contributed by atoms with Gasteiger partial charge in [0.2, 0.25) is 0 Å². The van der Waals surface area contributed by atoms with Crippen molar-refractivity contribution in [3.05, 3.63) is 18.2 Å². The lowest BCUT2D eigenvalue weighted by atomic mass is 10.1. The number of aliphatic hydroxyl groups excluding tert-OH is 2. The van der Waals surface area contributed by atoms with Gasteiger partial charge in [-0.3, -0.25) is 0 Å². The summed E-state index contributed by atoms with van der Waals surface area (Å²) in [4.78, 5) is 4.17. The van der Waals surface area contributed by atoms with Gasteiger partial charge in [0.1, 0.15) is 5.52 Å². The molecule has 0 aliphatic rings. The maximum atomic E-state index is 9.16. The Morgan fingerprint density at radius 2 is 2.12 bits per heavy atom. The van der Waals surface area contributed by atoms with Gasteiger partial charge in [0.25, 0.3) is 6.01 Å². The second-order valence-corrected chi connectivity index (χ2v) is 4.21. The minimum Gasteiger partial charge on any atom is -0.423 e. The Kier molecular flexibility index (Phi) is 2.91. The first-order valence-electron chi connectivity index (χ1n) is 5.23. The molecule has 0 saturated heterocycles. The largest absolute Gasteiger partial charge is 0.423 e. The van der Waals surface area contributed by atoms with Crippen LogP contribution in [-0.2, 0) is 0 Å². The maximum Gasteiger partial charge on any atom is 0.296 e. The molecule has 6 nitrogen and oxygen atoms in total. The third-order valence-corrected chi connectivity index (χ3v) is 2.56. The van der Waals surface area contributed by atoms with Crippen LogP contribution in [0.5, 0.6) is 0 Å². The summed E-state index contributed by atoms with van der Waals surface area (Å²) >= 11 is 0. The van der Waals surface area contributed by atoms with Crippen LogP contribution in [0.1, 0.15) is 6.92 Å². The molecule has 6 heteroatoms. The molecule has 0 aliphatic carbocycles. The van der Waals surface area contributed by atoms with Gasteiger partial charge in [-0.15, -0.1) is 0 Å². The van der Waals surface area contributed by atoms with E-state index in [1.807, 2.05) is 0 Å². The predicted molar refractivity (Wildman–Crippen MR) is 64.6 cm³/mol. The molecule has 1 aromatic heterocycles. The molecule has 0 fully saturated rings. The normalized spacial score (nSPS) is 11.9. The van der Waals surface area contributed by atoms with Crippen molar-refractivity contribution in [2.24, 2.45) is 0 Å². The summed E-state index contributed by atoms with van der Waals surface area (Å²) in [5.41, 5.74) is 6.52. The minimum atomic E-state index is -0.879. The lowest BCUT2D eigenvalue weighted by molar-refractivity contribution is 0.145. The number of benzene rings is 1. The number of rotatable bonds is 4. The number of nitrogens with zero attached hydrogens (tertiary/aromatic N) is 1. The zero-order valence-electron chi connectivity index (χ0n) is 9.47. The first kappa shape index (κ1) is 11.7. The summed E-state index contributed by atoms with van der Waals surface area (Å²) in [6.45, 7) is 1.18. The van der Waals surface area contributed by atoms with Crippen molar-refractivity contribution >= 4 is 22.8 Å². The molecule has 0 unspecified atom stereocenters. The summed E-state index contributed by atoms with van der Waals surface area (Å²) in [6.07, 6.45) is 0. The highest BCUT2D eigenvalue weighted by Gasteiger charge is 2.24. The Labute approximate surface area is 98.1 Å². The van der Waals surface area contributed by atoms with Crippen molar-refractivity contribution in [2.45, 2.75) is 12.5 Å². The molecule has 0 spiro atoms. The average molecular weight is 237 g/mol. The highest BCUT2D eigenvalue weighted by molar-refractivity contribution is 5.86. The van der Waals surface area contributed by atoms with Crippen LogP contribution < -0.4 is 11.1 Å². The van der Waals surface area contributed by atoms with Crippen LogP contribution >= 0.6 is 0 Å². The van der Waals surface area contributed by atoms with Crippen LogP contribution in [0.3, 0.4) is 0 Å². The topological polar surface area (TPSA) is 105 Å². The Morgan fingerprint density at radius 1 is 1.41 bits per heavy atom. The monoisotopic (exact) mass is 237 g/mol. The number of hydrogen-bond donors (Lipinski definition) is 4. The lowest BCUT2D eigenvalue weighted by Gasteiger charge is -2.24. The number of nitrogens with two attached hydrogens (primary N) is 1. The Balaban J connectivity index is 2.34. The molecule has 5 N–H and O–H groups in total. The fourth-order valence-corrected chi connectivity index (χ4v) is 1.41. The summed E-state index contributed by atoms with van der Waals surface area (Å²) in [5.74, 6) is 0. The third kappa shape index (κ3) is 2.17. The summed E-state index contributed by atoms with van der Waals surface area (Å²) in [5, 5.41) is 21.2. The summed E-state index contributed by atoms with van der Waals surface area (Å²) < 4.78 is 5.42. The highest BCUT2D eigenvalue weighted by atomic mass is 16.4. The molecule has 0 atom stereocenters. The zero-order valence-corrected chi connectivity index (χ0v) is 9.47. The van der Waals surface area contributed by atoms with Crippen LogP contribution in [0.4, 0.5) is 11.7 Å². The molecule has 1 aromatic carbocycles. The van der Waals surface area contributed by atoms with Crippen molar-refractivity contribution < 1.29 is 14.6 Å². The molecule has 0 radical (unpaired) electrons. The van der Waals surface area contributed by atoms with Gasteiger partial charge in [-0.25, -0.2) is 0 Å². The molecule has 1 heterocycles. The second-order valence-electron chi connectivity index (χ2n) is 4.21. The van der Waals surface area contributed by atoms with Crippen LogP contribution in [0.15, 0.2) is 22.6 Å². The van der Waals surface area contributed by atoms with Gasteiger partial charge in [-0.05, 0) is 19.1 Å². The second kappa shape index (κ2) is 4.23. The Hall–Kier alpha value is -1.79. The van der Waals surface area contributed by atoms with Gasteiger partial charge in [0.05, 0.1) is 24.4 Å². The third-order valence-electron chi connectivity index (χ3n) is 2.56. The average Bonchev–Trinajstić information content (AvgIpc) is 2.73. The predicted octanol–water partition coefficient (Wildman–Crippen LogP) is 0.565. The highest BCUT2D eigenvalue weighted by Crippen LogP contribution is 2.25. The van der Waals surface area contributed by atoms with Gasteiger partial charge in [-0.1, -0.05) is 6.07 Å². The van der Waals surface area contributed by atoms with E-state index in [9.17, 15) is 0 Å². The zero-order chi connectivity index (χ0) is 12.5. The van der Waals surface area contributed by atoms with E-state index < -0.39 is 5.54 Å². The summed E-state index contributed by atoms with van der Waals surface area (Å²) in [7, 11) is 0. The molecule has 0 saturated carbocycles. The van der Waals surface area contributed by atoms with E-state index in [1.54, 1.807) is 25.1 Å². The van der Waals surface area contributed by atoms with E-state index in [2.05, 4.69) is 10.3 Å². The van der Waals surface area contributed by atoms with Gasteiger partial charge in [-0.2, -0.15) is 4.98 Å². The number of hydrogen-bond acceptors (Lipinski definition) is 6. The fraction of sp³-hybridized carbons (Fsp3) is 0.364. The quantitative estimate of drug-likeness (QED) is 0.579. The van der Waals surface area contributed by atoms with E-state index in [-0.39, 0.29) is 19.2 Å². The van der Waals surface area contributed by atoms with E-state index in [1.165, 1.54) is 0 Å². The molecule has 2 rings (SSSR count). The Bertz CT molecular complexity index is 520. The van der Waals surface area contributed by atoms with Crippen LogP contribution in [-0.4, -0.2) is 33.9 Å². The molecule has 0 amide bonds. The number of oxazole rings is 1. The van der Waals surface area contributed by atoms with E-state index in [4.69, 9.17) is 20.4 Å². The molecule has 2 aromatic rings. The molecule has 0 aliphatic heterocycles. The SMILES string of the molecule is CC(CO)(CO)Nc1nc2c(N)cccc2o1. The van der Waals surface area contributed by atoms with Crippen LogP contribution in [0, 0.1) is 0 Å². The fourth-order valence-electron chi connectivity index (χ4n) is 1.41. The van der Waals surface area contributed by atoms with Crippen LogP contribution in [0.25, 0.3) is 11.1 Å². The number of nitrogen functional groups attached to an aromatic ring is 1. The smallest absolute Gasteiger partial charge is 0.296 e. The van der Waals surface area contributed by atoms with Crippen LogP contribution in [0.2, 0.25) is 0 Å². The lowest BCUT2D eigenvalue weighted by Crippen LogP contribution is -2.42. The van der Waals surface area contributed by atoms with Crippen molar-refractivity contribution in [2.75, 3.05) is 24.3 Å². The molecular weight excluding hydrogens is 222 g/mol. The van der Waals surface area contributed by atoms with Crippen molar-refractivity contribution in [1.29, 1.82) is 0 Å². The summed E-state index contributed by atoms with van der Waals surface area (Å²) in [6, 6.07) is 5.47. The minimum absolute atomic E-state index is 0.225. The number of anilines is 2. The molecule has 17 heavy (non-hydrogen) atoms. The molecule has 0 bridgehead atoms. The van der Waals surface area contributed by atoms with Crippen molar-refractivity contribution in [1.82, 2.24) is 4.98 Å². The molecular formula is C11H15N3O3. The van der Waals surface area contributed by atoms with E-state index >= 15 is 0 Å². The number of fused-ring (bicyclic) bond motifs is 1.